The van der Waals surface area contributed by atoms with Gasteiger partial charge in [0.2, 0.25) is 5.91 Å². The fraction of sp³-hybridized carbons (Fsp3) is 0.417. The summed E-state index contributed by atoms with van der Waals surface area (Å²) in [6, 6.07) is 3.43. The van der Waals surface area contributed by atoms with E-state index in [4.69, 9.17) is 0 Å². The summed E-state index contributed by atoms with van der Waals surface area (Å²) in [7, 11) is 0. The summed E-state index contributed by atoms with van der Waals surface area (Å²) in [5.74, 6) is -0.574. The van der Waals surface area contributed by atoms with Gasteiger partial charge in [-0.05, 0) is 26.0 Å². The maximum absolute atomic E-state index is 11.7. The van der Waals surface area contributed by atoms with Crippen molar-refractivity contribution in [2.75, 3.05) is 25.0 Å². The van der Waals surface area contributed by atoms with Crippen molar-refractivity contribution in [3.8, 4) is 0 Å². The van der Waals surface area contributed by atoms with Gasteiger partial charge < -0.3 is 16.0 Å². The molecule has 0 atom stereocenters. The third-order valence-electron chi connectivity index (χ3n) is 2.16. The molecule has 6 nitrogen and oxygen atoms in total. The molecular weight excluding hydrogens is 232 g/mol. The molecule has 1 aromatic rings. The van der Waals surface area contributed by atoms with E-state index in [0.29, 0.717) is 6.54 Å². The molecule has 0 aliphatic heterocycles. The Morgan fingerprint density at radius 1 is 1.22 bits per heavy atom. The zero-order valence-corrected chi connectivity index (χ0v) is 10.6. The number of nitrogens with one attached hydrogen (secondary N) is 3. The van der Waals surface area contributed by atoms with Crippen LogP contribution in [0.1, 0.15) is 24.3 Å². The fourth-order valence-electron chi connectivity index (χ4n) is 1.38. The van der Waals surface area contributed by atoms with Crippen LogP contribution in [0.25, 0.3) is 0 Å². The lowest BCUT2D eigenvalue weighted by molar-refractivity contribution is -0.120. The van der Waals surface area contributed by atoms with Crippen molar-refractivity contribution >= 4 is 17.5 Å². The summed E-state index contributed by atoms with van der Waals surface area (Å²) >= 11 is 0. The van der Waals surface area contributed by atoms with Crippen molar-refractivity contribution in [1.29, 1.82) is 0 Å². The third-order valence-corrected chi connectivity index (χ3v) is 2.16. The van der Waals surface area contributed by atoms with Crippen LogP contribution in [-0.2, 0) is 4.79 Å². The van der Waals surface area contributed by atoms with Crippen molar-refractivity contribution < 1.29 is 9.59 Å². The predicted molar refractivity (Wildman–Crippen MR) is 69.4 cm³/mol. The molecule has 18 heavy (non-hydrogen) atoms. The lowest BCUT2D eigenvalue weighted by Gasteiger charge is -2.07. The van der Waals surface area contributed by atoms with Gasteiger partial charge in [-0.3, -0.25) is 14.6 Å². The Balaban J connectivity index is 2.55. The molecule has 6 heteroatoms. The van der Waals surface area contributed by atoms with E-state index in [9.17, 15) is 9.59 Å². The van der Waals surface area contributed by atoms with E-state index in [0.717, 1.165) is 12.2 Å². The third kappa shape index (κ3) is 4.40. The van der Waals surface area contributed by atoms with E-state index < -0.39 is 0 Å². The summed E-state index contributed by atoms with van der Waals surface area (Å²) in [6.07, 6.45) is 1.55. The number of carbonyl (C=O) groups excluding carboxylic acids is 2. The van der Waals surface area contributed by atoms with E-state index in [2.05, 4.69) is 20.9 Å². The van der Waals surface area contributed by atoms with Crippen LogP contribution in [0, 0.1) is 0 Å². The van der Waals surface area contributed by atoms with Gasteiger partial charge in [-0.1, -0.05) is 0 Å². The Morgan fingerprint density at radius 3 is 2.67 bits per heavy atom. The van der Waals surface area contributed by atoms with Gasteiger partial charge in [0.15, 0.2) is 0 Å². The van der Waals surface area contributed by atoms with Gasteiger partial charge in [0, 0.05) is 25.0 Å². The van der Waals surface area contributed by atoms with Gasteiger partial charge in [0.1, 0.15) is 5.69 Å². The Bertz CT molecular complexity index is 420. The molecule has 0 aliphatic carbocycles. The highest BCUT2D eigenvalue weighted by molar-refractivity contribution is 5.95. The van der Waals surface area contributed by atoms with Crippen LogP contribution in [-0.4, -0.2) is 36.4 Å². The molecule has 0 saturated heterocycles. The minimum atomic E-state index is -0.360. The lowest BCUT2D eigenvalue weighted by Crippen LogP contribution is -2.37. The number of nitrogens with zero attached hydrogens (tertiary/aromatic N) is 1. The number of likely N-dealkylation sites (N-methyl/N-ethyl adjacent to an activating group) is 1. The first-order valence-corrected chi connectivity index (χ1v) is 5.92. The number of anilines is 1. The number of hydrogen-bond acceptors (Lipinski definition) is 4. The van der Waals surface area contributed by atoms with Gasteiger partial charge in [-0.15, -0.1) is 0 Å². The fourth-order valence-corrected chi connectivity index (χ4v) is 1.38. The smallest absolute Gasteiger partial charge is 0.270 e. The van der Waals surface area contributed by atoms with E-state index in [-0.39, 0.29) is 24.1 Å². The highest BCUT2D eigenvalue weighted by atomic mass is 16.2. The molecule has 98 valence electrons. The van der Waals surface area contributed by atoms with Crippen molar-refractivity contribution in [2.45, 2.75) is 13.8 Å². The van der Waals surface area contributed by atoms with Gasteiger partial charge >= 0.3 is 0 Å². The van der Waals surface area contributed by atoms with Crippen LogP contribution in [0.2, 0.25) is 0 Å². The number of carbonyl (C=O) groups is 2. The molecule has 1 aromatic heterocycles. The van der Waals surface area contributed by atoms with Crippen LogP contribution < -0.4 is 16.0 Å². The maximum atomic E-state index is 11.7. The highest BCUT2D eigenvalue weighted by Gasteiger charge is 2.09. The van der Waals surface area contributed by atoms with Crippen molar-refractivity contribution in [3.63, 3.8) is 0 Å². The number of pyridine rings is 1. The first-order valence-electron chi connectivity index (χ1n) is 5.92. The predicted octanol–water partition coefficient (Wildman–Crippen LogP) is 0.379. The Kier molecular flexibility index (Phi) is 5.63. The standard InChI is InChI=1S/C12H18N4O2/c1-3-13-9-5-6-15-10(7-9)12(18)16-8-11(17)14-4-2/h5-7H,3-4,8H2,1-2H3,(H,13,15)(H,14,17)(H,16,18). The molecule has 0 unspecified atom stereocenters. The minimum Gasteiger partial charge on any atom is -0.385 e. The second kappa shape index (κ2) is 7.26. The number of aromatic nitrogens is 1. The molecule has 0 radical (unpaired) electrons. The minimum absolute atomic E-state index is 0.0419. The summed E-state index contributed by atoms with van der Waals surface area (Å²) in [5.41, 5.74) is 1.12. The normalized spacial score (nSPS) is 9.67. The van der Waals surface area contributed by atoms with Gasteiger partial charge in [-0.25, -0.2) is 0 Å². The second-order valence-electron chi connectivity index (χ2n) is 3.60. The molecule has 3 N–H and O–H groups in total. The number of hydrogen-bond donors (Lipinski definition) is 3. The van der Waals surface area contributed by atoms with Gasteiger partial charge in [0.25, 0.3) is 5.91 Å². The molecule has 1 rings (SSSR count). The van der Waals surface area contributed by atoms with E-state index in [1.165, 1.54) is 0 Å². The molecule has 0 aliphatic rings. The summed E-state index contributed by atoms with van der Waals surface area (Å²) in [5, 5.41) is 8.20. The van der Waals surface area contributed by atoms with Crippen LogP contribution in [0.15, 0.2) is 18.3 Å². The summed E-state index contributed by atoms with van der Waals surface area (Å²) in [6.45, 7) is 5.06. The van der Waals surface area contributed by atoms with Gasteiger partial charge in [0.05, 0.1) is 6.54 Å². The highest BCUT2D eigenvalue weighted by Crippen LogP contribution is 2.07. The molecular formula is C12H18N4O2. The van der Waals surface area contributed by atoms with E-state index in [1.54, 1.807) is 18.3 Å². The molecule has 0 fully saturated rings. The average Bonchev–Trinajstić information content (AvgIpc) is 2.37. The topological polar surface area (TPSA) is 83.1 Å². The van der Waals surface area contributed by atoms with Crippen LogP contribution in [0.3, 0.4) is 0 Å². The number of rotatable bonds is 6. The van der Waals surface area contributed by atoms with Crippen LogP contribution in [0.4, 0.5) is 5.69 Å². The van der Waals surface area contributed by atoms with Crippen LogP contribution in [0.5, 0.6) is 0 Å². The molecule has 2 amide bonds. The van der Waals surface area contributed by atoms with Crippen molar-refractivity contribution in [2.24, 2.45) is 0 Å². The second-order valence-corrected chi connectivity index (χ2v) is 3.60. The quantitative estimate of drug-likeness (QED) is 0.681. The average molecular weight is 250 g/mol. The molecule has 0 saturated carbocycles. The van der Waals surface area contributed by atoms with Crippen molar-refractivity contribution in [1.82, 2.24) is 15.6 Å². The van der Waals surface area contributed by atoms with E-state index >= 15 is 0 Å². The Hall–Kier alpha value is -2.11. The first-order chi connectivity index (χ1) is 8.67. The van der Waals surface area contributed by atoms with E-state index in [1.807, 2.05) is 13.8 Å². The summed E-state index contributed by atoms with van der Waals surface area (Å²) in [4.78, 5) is 26.9. The Morgan fingerprint density at radius 2 is 2.00 bits per heavy atom. The Labute approximate surface area is 106 Å². The maximum Gasteiger partial charge on any atom is 0.270 e. The zero-order valence-electron chi connectivity index (χ0n) is 10.6. The zero-order chi connectivity index (χ0) is 13.4. The molecule has 0 spiro atoms. The molecule has 0 aromatic carbocycles. The van der Waals surface area contributed by atoms with Gasteiger partial charge in [-0.2, -0.15) is 0 Å². The molecule has 0 bridgehead atoms. The largest absolute Gasteiger partial charge is 0.385 e. The van der Waals surface area contributed by atoms with Crippen molar-refractivity contribution in [3.05, 3.63) is 24.0 Å². The lowest BCUT2D eigenvalue weighted by atomic mass is 10.3. The number of amides is 2. The molecule has 1 heterocycles. The summed E-state index contributed by atoms with van der Waals surface area (Å²) < 4.78 is 0. The first kappa shape index (κ1) is 14.0. The van der Waals surface area contributed by atoms with Crippen LogP contribution >= 0.6 is 0 Å². The monoisotopic (exact) mass is 250 g/mol. The SMILES string of the molecule is CCNC(=O)CNC(=O)c1cc(NCC)ccn1.